The van der Waals surface area contributed by atoms with Crippen LogP contribution in [-0.2, 0) is 4.79 Å². The van der Waals surface area contributed by atoms with Crippen LogP contribution in [0.4, 0.5) is 10.1 Å². The van der Waals surface area contributed by atoms with Crippen LogP contribution in [0.5, 0.6) is 0 Å². The number of carboxylic acids is 1. The SMILES string of the molecule is NCC(=O)Nc1cc(C(=O)O)ccc1F. The largest absolute Gasteiger partial charge is 0.478 e. The fourth-order valence-corrected chi connectivity index (χ4v) is 0.955. The molecular weight excluding hydrogens is 203 g/mol. The number of amides is 1. The molecule has 1 amide bonds. The van der Waals surface area contributed by atoms with Crippen LogP contribution in [0.3, 0.4) is 0 Å². The predicted octanol–water partition coefficient (Wildman–Crippen LogP) is 0.421. The fourth-order valence-electron chi connectivity index (χ4n) is 0.955. The third-order valence-electron chi connectivity index (χ3n) is 1.67. The van der Waals surface area contributed by atoms with Crippen molar-refractivity contribution in [1.82, 2.24) is 0 Å². The topological polar surface area (TPSA) is 92.4 Å². The third-order valence-corrected chi connectivity index (χ3v) is 1.67. The van der Waals surface area contributed by atoms with Crippen LogP contribution in [0.2, 0.25) is 0 Å². The number of carbonyl (C=O) groups is 2. The summed E-state index contributed by atoms with van der Waals surface area (Å²) in [5.74, 6) is -2.49. The Hall–Kier alpha value is -1.95. The quantitative estimate of drug-likeness (QED) is 0.677. The van der Waals surface area contributed by atoms with Crippen molar-refractivity contribution in [3.8, 4) is 0 Å². The lowest BCUT2D eigenvalue weighted by molar-refractivity contribution is -0.114. The molecule has 0 spiro atoms. The summed E-state index contributed by atoms with van der Waals surface area (Å²) >= 11 is 0. The van der Waals surface area contributed by atoms with E-state index in [1.807, 2.05) is 0 Å². The van der Waals surface area contributed by atoms with Gasteiger partial charge in [-0.25, -0.2) is 9.18 Å². The van der Waals surface area contributed by atoms with E-state index in [2.05, 4.69) is 5.32 Å². The lowest BCUT2D eigenvalue weighted by atomic mass is 10.2. The maximum Gasteiger partial charge on any atom is 0.335 e. The van der Waals surface area contributed by atoms with Gasteiger partial charge in [0.2, 0.25) is 5.91 Å². The van der Waals surface area contributed by atoms with Gasteiger partial charge in [-0.3, -0.25) is 4.79 Å². The normalized spacial score (nSPS) is 9.73. The second-order valence-corrected chi connectivity index (χ2v) is 2.75. The summed E-state index contributed by atoms with van der Waals surface area (Å²) in [6.07, 6.45) is 0. The van der Waals surface area contributed by atoms with Crippen molar-refractivity contribution < 1.29 is 19.1 Å². The number of rotatable bonds is 3. The summed E-state index contributed by atoms with van der Waals surface area (Å²) in [6.45, 7) is -0.295. The second kappa shape index (κ2) is 4.52. The smallest absolute Gasteiger partial charge is 0.335 e. The van der Waals surface area contributed by atoms with Gasteiger partial charge in [-0.05, 0) is 18.2 Å². The molecule has 1 aromatic rings. The van der Waals surface area contributed by atoms with Crippen LogP contribution in [0.1, 0.15) is 10.4 Å². The van der Waals surface area contributed by atoms with Crippen molar-refractivity contribution >= 4 is 17.6 Å². The predicted molar refractivity (Wildman–Crippen MR) is 51.0 cm³/mol. The molecule has 0 aliphatic heterocycles. The minimum absolute atomic E-state index is 0.108. The molecule has 15 heavy (non-hydrogen) atoms. The lowest BCUT2D eigenvalue weighted by Gasteiger charge is -2.05. The highest BCUT2D eigenvalue weighted by Crippen LogP contribution is 2.15. The molecule has 1 aromatic carbocycles. The molecule has 0 fully saturated rings. The summed E-state index contributed by atoms with van der Waals surface area (Å²) in [5, 5.41) is 10.8. The Morgan fingerprint density at radius 3 is 2.67 bits per heavy atom. The molecule has 0 aliphatic carbocycles. The summed E-state index contributed by atoms with van der Waals surface area (Å²) in [7, 11) is 0. The van der Waals surface area contributed by atoms with E-state index in [0.717, 1.165) is 18.2 Å². The monoisotopic (exact) mass is 212 g/mol. The van der Waals surface area contributed by atoms with Gasteiger partial charge in [0.25, 0.3) is 0 Å². The number of aromatic carboxylic acids is 1. The van der Waals surface area contributed by atoms with Gasteiger partial charge in [0, 0.05) is 0 Å². The van der Waals surface area contributed by atoms with Crippen molar-refractivity contribution in [3.05, 3.63) is 29.6 Å². The number of halogens is 1. The van der Waals surface area contributed by atoms with Gasteiger partial charge >= 0.3 is 5.97 Å². The lowest BCUT2D eigenvalue weighted by Crippen LogP contribution is -2.22. The Labute approximate surface area is 84.7 Å². The fraction of sp³-hybridized carbons (Fsp3) is 0.111. The molecule has 80 valence electrons. The molecule has 0 bridgehead atoms. The molecule has 4 N–H and O–H groups in total. The van der Waals surface area contributed by atoms with Crippen LogP contribution in [-0.4, -0.2) is 23.5 Å². The summed E-state index contributed by atoms with van der Waals surface area (Å²) in [4.78, 5) is 21.4. The van der Waals surface area contributed by atoms with Crippen molar-refractivity contribution in [1.29, 1.82) is 0 Å². The molecule has 0 radical (unpaired) electrons. The van der Waals surface area contributed by atoms with Crippen molar-refractivity contribution in [2.75, 3.05) is 11.9 Å². The van der Waals surface area contributed by atoms with E-state index in [4.69, 9.17) is 10.8 Å². The van der Waals surface area contributed by atoms with Gasteiger partial charge in [-0.2, -0.15) is 0 Å². The van der Waals surface area contributed by atoms with Gasteiger partial charge < -0.3 is 16.2 Å². The molecule has 0 aliphatic rings. The van der Waals surface area contributed by atoms with E-state index < -0.39 is 17.7 Å². The standard InChI is InChI=1S/C9H9FN2O3/c10-6-2-1-5(9(14)15)3-7(6)12-8(13)4-11/h1-3H,4,11H2,(H,12,13)(H,14,15). The minimum atomic E-state index is -1.20. The maximum atomic E-state index is 13.1. The average Bonchev–Trinajstić information content (AvgIpc) is 2.20. The number of benzene rings is 1. The number of carbonyl (C=O) groups excluding carboxylic acids is 1. The Morgan fingerprint density at radius 1 is 1.47 bits per heavy atom. The Kier molecular flexibility index (Phi) is 3.35. The van der Waals surface area contributed by atoms with Crippen LogP contribution in [0.15, 0.2) is 18.2 Å². The molecule has 0 heterocycles. The van der Waals surface area contributed by atoms with E-state index in [1.54, 1.807) is 0 Å². The van der Waals surface area contributed by atoms with Crippen molar-refractivity contribution in [3.63, 3.8) is 0 Å². The first-order valence-corrected chi connectivity index (χ1v) is 4.07. The highest BCUT2D eigenvalue weighted by molar-refractivity contribution is 5.94. The zero-order chi connectivity index (χ0) is 11.4. The van der Waals surface area contributed by atoms with E-state index in [-0.39, 0.29) is 17.8 Å². The first-order valence-electron chi connectivity index (χ1n) is 4.07. The zero-order valence-electron chi connectivity index (χ0n) is 7.66. The molecular formula is C9H9FN2O3. The van der Waals surface area contributed by atoms with E-state index in [0.29, 0.717) is 0 Å². The Balaban J connectivity index is 3.00. The second-order valence-electron chi connectivity index (χ2n) is 2.75. The molecule has 0 atom stereocenters. The van der Waals surface area contributed by atoms with Gasteiger partial charge in [0.05, 0.1) is 17.8 Å². The summed E-state index contributed by atoms with van der Waals surface area (Å²) < 4.78 is 13.1. The third kappa shape index (κ3) is 2.75. The van der Waals surface area contributed by atoms with Crippen LogP contribution in [0, 0.1) is 5.82 Å². The number of nitrogens with two attached hydrogens (primary N) is 1. The minimum Gasteiger partial charge on any atom is -0.478 e. The average molecular weight is 212 g/mol. The molecule has 5 nitrogen and oxygen atoms in total. The zero-order valence-corrected chi connectivity index (χ0v) is 7.66. The molecule has 0 unspecified atom stereocenters. The number of anilines is 1. The number of carboxylic acid groups (broad SMARTS) is 1. The number of hydrogen-bond donors (Lipinski definition) is 3. The van der Waals surface area contributed by atoms with Crippen LogP contribution < -0.4 is 11.1 Å². The summed E-state index contributed by atoms with van der Waals surface area (Å²) in [6, 6.07) is 3.11. The Morgan fingerprint density at radius 2 is 2.13 bits per heavy atom. The number of hydrogen-bond acceptors (Lipinski definition) is 3. The first-order chi connectivity index (χ1) is 7.04. The van der Waals surface area contributed by atoms with Crippen LogP contribution >= 0.6 is 0 Å². The first kappa shape index (κ1) is 11.1. The van der Waals surface area contributed by atoms with E-state index >= 15 is 0 Å². The summed E-state index contributed by atoms with van der Waals surface area (Å²) in [5.41, 5.74) is 4.72. The molecule has 0 aromatic heterocycles. The van der Waals surface area contributed by atoms with E-state index in [9.17, 15) is 14.0 Å². The van der Waals surface area contributed by atoms with Gasteiger partial charge in [-0.15, -0.1) is 0 Å². The maximum absolute atomic E-state index is 13.1. The highest BCUT2D eigenvalue weighted by Gasteiger charge is 2.09. The van der Waals surface area contributed by atoms with Crippen molar-refractivity contribution in [2.45, 2.75) is 0 Å². The molecule has 1 rings (SSSR count). The molecule has 0 saturated carbocycles. The highest BCUT2D eigenvalue weighted by atomic mass is 19.1. The van der Waals surface area contributed by atoms with Gasteiger partial charge in [-0.1, -0.05) is 0 Å². The molecule has 0 saturated heterocycles. The molecule has 6 heteroatoms. The van der Waals surface area contributed by atoms with Gasteiger partial charge in [0.1, 0.15) is 5.82 Å². The van der Waals surface area contributed by atoms with Crippen LogP contribution in [0.25, 0.3) is 0 Å². The van der Waals surface area contributed by atoms with Crippen molar-refractivity contribution in [2.24, 2.45) is 5.73 Å². The van der Waals surface area contributed by atoms with E-state index in [1.165, 1.54) is 0 Å². The van der Waals surface area contributed by atoms with Gasteiger partial charge in [0.15, 0.2) is 0 Å². The Bertz CT molecular complexity index is 406. The number of nitrogens with one attached hydrogen (secondary N) is 1.